The minimum atomic E-state index is -1.14. The van der Waals surface area contributed by atoms with E-state index in [9.17, 15) is 9.59 Å². The maximum Gasteiger partial charge on any atom is 0.322 e. The fraction of sp³-hybridized carbons (Fsp3) is 0.211. The van der Waals surface area contributed by atoms with Crippen molar-refractivity contribution in [2.24, 2.45) is 15.5 Å². The van der Waals surface area contributed by atoms with E-state index in [2.05, 4.69) is 21.0 Å². The van der Waals surface area contributed by atoms with Crippen molar-refractivity contribution >= 4 is 17.6 Å². The number of amidine groups is 1. The molecule has 0 bridgehead atoms. The van der Waals surface area contributed by atoms with Crippen LogP contribution in [0.25, 0.3) is 0 Å². The molecule has 2 aromatic rings. The zero-order valence-electron chi connectivity index (χ0n) is 13.8. The second kappa shape index (κ2) is 6.87. The Bertz CT molecular complexity index is 908. The molecule has 129 valence electrons. The predicted molar refractivity (Wildman–Crippen MR) is 92.2 cm³/mol. The molecule has 7 nitrogen and oxygen atoms in total. The first-order valence-electron chi connectivity index (χ1n) is 8.30. The minimum Gasteiger partial charge on any atom is -0.457 e. The van der Waals surface area contributed by atoms with E-state index in [1.54, 1.807) is 24.3 Å². The Hall–Kier alpha value is -3.35. The van der Waals surface area contributed by atoms with Crippen LogP contribution in [0.1, 0.15) is 35.1 Å². The van der Waals surface area contributed by atoms with Crippen LogP contribution >= 0.6 is 0 Å². The van der Waals surface area contributed by atoms with E-state index in [1.165, 1.54) is 5.56 Å². The van der Waals surface area contributed by atoms with Crippen molar-refractivity contribution in [3.63, 3.8) is 0 Å². The van der Waals surface area contributed by atoms with Crippen molar-refractivity contribution in [2.45, 2.75) is 24.9 Å². The first-order valence-corrected chi connectivity index (χ1v) is 8.30. The summed E-state index contributed by atoms with van der Waals surface area (Å²) < 4.78 is 5.72. The molecule has 0 amide bonds. The summed E-state index contributed by atoms with van der Waals surface area (Å²) in [4.78, 5) is 25.7. The first kappa shape index (κ1) is 16.1. The van der Waals surface area contributed by atoms with E-state index in [0.717, 1.165) is 12.0 Å². The summed E-state index contributed by atoms with van der Waals surface area (Å²) in [5.74, 6) is -2.53. The Morgan fingerprint density at radius 3 is 2.54 bits per heavy atom. The Morgan fingerprint density at radius 1 is 1.00 bits per heavy atom. The van der Waals surface area contributed by atoms with Crippen molar-refractivity contribution in [2.75, 3.05) is 0 Å². The Kier molecular flexibility index (Phi) is 4.27. The summed E-state index contributed by atoms with van der Waals surface area (Å²) in [7, 11) is 0. The Morgan fingerprint density at radius 2 is 1.77 bits per heavy atom. The molecule has 2 aromatic carbocycles. The average Bonchev–Trinajstić information content (AvgIpc) is 3.33. The van der Waals surface area contributed by atoms with Crippen LogP contribution in [0.5, 0.6) is 0 Å². The molecular weight excluding hydrogens is 332 g/mol. The molecule has 0 aromatic heterocycles. The molecular formula is C19H15N4O3. The lowest BCUT2D eigenvalue weighted by atomic mass is 9.94. The normalized spacial score (nSPS) is 18.6. The smallest absolute Gasteiger partial charge is 0.322 e. The number of rotatable bonds is 5. The summed E-state index contributed by atoms with van der Waals surface area (Å²) in [6, 6.07) is 16.6. The second-order valence-corrected chi connectivity index (χ2v) is 6.07. The number of benzene rings is 2. The largest absolute Gasteiger partial charge is 0.457 e. The fourth-order valence-electron chi connectivity index (χ4n) is 3.26. The van der Waals surface area contributed by atoms with Gasteiger partial charge in [0.05, 0.1) is 0 Å². The lowest BCUT2D eigenvalue weighted by Gasteiger charge is -2.19. The maximum atomic E-state index is 12.9. The van der Waals surface area contributed by atoms with E-state index >= 15 is 0 Å². The number of ether oxygens (including phenoxy) is 1. The van der Waals surface area contributed by atoms with Gasteiger partial charge in [0.25, 0.3) is 0 Å². The van der Waals surface area contributed by atoms with Crippen molar-refractivity contribution in [3.8, 4) is 0 Å². The molecule has 0 spiro atoms. The summed E-state index contributed by atoms with van der Waals surface area (Å²) in [6.45, 7) is 0. The van der Waals surface area contributed by atoms with Gasteiger partial charge in [0, 0.05) is 0 Å². The first-order chi connectivity index (χ1) is 12.7. The SMILES string of the molecule is O=C(OC1CCc2ccccc21)C(C(=O)C1=NN=N[N]1)c1ccccc1. The number of ketones is 1. The number of aryl methyl sites for hydroxylation is 1. The van der Waals surface area contributed by atoms with E-state index in [1.807, 2.05) is 30.3 Å². The van der Waals surface area contributed by atoms with Gasteiger partial charge in [-0.1, -0.05) is 54.6 Å². The highest BCUT2D eigenvalue weighted by Gasteiger charge is 2.37. The third-order valence-electron chi connectivity index (χ3n) is 4.51. The number of fused-ring (bicyclic) bond motifs is 1. The molecule has 0 N–H and O–H groups in total. The Balaban J connectivity index is 1.60. The van der Waals surface area contributed by atoms with Crippen LogP contribution in [0.15, 0.2) is 70.1 Å². The molecule has 4 rings (SSSR count). The number of esters is 1. The third kappa shape index (κ3) is 2.99. The Labute approximate surface area is 149 Å². The summed E-state index contributed by atoms with van der Waals surface area (Å²) in [5, 5.41) is 10.2. The maximum absolute atomic E-state index is 12.9. The molecule has 0 saturated carbocycles. The van der Waals surface area contributed by atoms with Crippen molar-refractivity contribution < 1.29 is 14.3 Å². The highest BCUT2D eigenvalue weighted by atomic mass is 16.5. The van der Waals surface area contributed by atoms with Gasteiger partial charge in [0.1, 0.15) is 12.0 Å². The van der Waals surface area contributed by atoms with Crippen LogP contribution < -0.4 is 5.43 Å². The topological polar surface area (TPSA) is 94.6 Å². The third-order valence-corrected chi connectivity index (χ3v) is 4.51. The van der Waals surface area contributed by atoms with Crippen LogP contribution in [0.3, 0.4) is 0 Å². The van der Waals surface area contributed by atoms with Crippen molar-refractivity contribution in [3.05, 3.63) is 71.3 Å². The molecule has 26 heavy (non-hydrogen) atoms. The molecule has 1 aliphatic heterocycles. The van der Waals surface area contributed by atoms with Gasteiger partial charge < -0.3 is 4.74 Å². The van der Waals surface area contributed by atoms with Crippen LogP contribution in [0, 0.1) is 0 Å². The summed E-state index contributed by atoms with van der Waals surface area (Å²) >= 11 is 0. The molecule has 1 radical (unpaired) electrons. The highest BCUT2D eigenvalue weighted by Crippen LogP contribution is 2.35. The lowest BCUT2D eigenvalue weighted by Crippen LogP contribution is -2.32. The van der Waals surface area contributed by atoms with Gasteiger partial charge in [-0.15, -0.1) is 10.5 Å². The molecule has 1 aliphatic carbocycles. The van der Waals surface area contributed by atoms with Crippen LogP contribution in [0.2, 0.25) is 0 Å². The van der Waals surface area contributed by atoms with Crippen molar-refractivity contribution in [1.82, 2.24) is 5.43 Å². The van der Waals surface area contributed by atoms with E-state index in [4.69, 9.17) is 4.74 Å². The zero-order valence-corrected chi connectivity index (χ0v) is 13.8. The predicted octanol–water partition coefficient (Wildman–Crippen LogP) is 2.87. The van der Waals surface area contributed by atoms with Gasteiger partial charge in [-0.3, -0.25) is 9.59 Å². The molecule has 2 atom stereocenters. The summed E-state index contributed by atoms with van der Waals surface area (Å²) in [5.41, 5.74) is 6.27. The number of hydrogen-bond acceptors (Lipinski definition) is 6. The van der Waals surface area contributed by atoms with E-state index in [-0.39, 0.29) is 11.9 Å². The van der Waals surface area contributed by atoms with Crippen LogP contribution in [-0.4, -0.2) is 17.6 Å². The molecule has 2 unspecified atom stereocenters. The van der Waals surface area contributed by atoms with E-state index in [0.29, 0.717) is 12.0 Å². The monoisotopic (exact) mass is 347 g/mol. The number of hydrogen-bond donors (Lipinski definition) is 0. The van der Waals surface area contributed by atoms with Crippen LogP contribution in [-0.2, 0) is 20.7 Å². The molecule has 0 fully saturated rings. The van der Waals surface area contributed by atoms with Gasteiger partial charge in [0.2, 0.25) is 11.6 Å². The van der Waals surface area contributed by atoms with Gasteiger partial charge in [-0.25, -0.2) is 0 Å². The molecule has 1 heterocycles. The van der Waals surface area contributed by atoms with Crippen LogP contribution in [0.4, 0.5) is 0 Å². The number of Topliss-reactive ketones (excluding diaryl/α,β-unsaturated/α-hetero) is 1. The van der Waals surface area contributed by atoms with E-state index < -0.39 is 17.7 Å². The van der Waals surface area contributed by atoms with Gasteiger partial charge in [-0.2, -0.15) is 0 Å². The molecule has 0 saturated heterocycles. The van der Waals surface area contributed by atoms with Gasteiger partial charge in [-0.05, 0) is 40.0 Å². The van der Waals surface area contributed by atoms with Crippen molar-refractivity contribution in [1.29, 1.82) is 0 Å². The van der Waals surface area contributed by atoms with Gasteiger partial charge in [0.15, 0.2) is 0 Å². The number of nitrogens with zero attached hydrogens (tertiary/aromatic N) is 4. The summed E-state index contributed by atoms with van der Waals surface area (Å²) in [6.07, 6.45) is 1.20. The number of carbonyl (C=O) groups excluding carboxylic acids is 2. The minimum absolute atomic E-state index is 0.192. The second-order valence-electron chi connectivity index (χ2n) is 6.07. The molecule has 2 aliphatic rings. The number of carbonyl (C=O) groups is 2. The zero-order chi connectivity index (χ0) is 17.9. The highest BCUT2D eigenvalue weighted by molar-refractivity contribution is 6.44. The lowest BCUT2D eigenvalue weighted by molar-refractivity contribution is -0.152. The average molecular weight is 347 g/mol. The van der Waals surface area contributed by atoms with Gasteiger partial charge >= 0.3 is 5.97 Å². The quantitative estimate of drug-likeness (QED) is 0.614. The molecule has 7 heteroatoms. The standard InChI is InChI=1S/C19H15N4O3/c24-17(18-20-22-23-21-18)16(13-7-2-1-3-8-13)19(25)26-15-11-10-12-6-4-5-9-14(12)15/h1-9,15-16H,10-11H2. The fourth-order valence-corrected chi connectivity index (χ4v) is 3.26.